The normalized spacial score (nSPS) is 13.4. The molecule has 0 saturated carbocycles. The molecule has 0 amide bonds. The summed E-state index contributed by atoms with van der Waals surface area (Å²) in [6, 6.07) is -1.23. The van der Waals surface area contributed by atoms with Crippen molar-refractivity contribution in [1.29, 1.82) is 0 Å². The van der Waals surface area contributed by atoms with Crippen LogP contribution in [0.25, 0.3) is 0 Å². The van der Waals surface area contributed by atoms with E-state index in [1.165, 1.54) is 4.90 Å². The molecule has 0 heterocycles. The Morgan fingerprint density at radius 2 is 1.85 bits per heavy atom. The van der Waals surface area contributed by atoms with Crippen molar-refractivity contribution in [3.05, 3.63) is 0 Å². The molecule has 0 rings (SSSR count). The summed E-state index contributed by atoms with van der Waals surface area (Å²) in [4.78, 5) is 40.3. The first-order valence-electron chi connectivity index (χ1n) is 5.81. The lowest BCUT2D eigenvalue weighted by atomic mass is 10.1. The minimum Gasteiger partial charge on any atom is -0.481 e. The minimum absolute atomic E-state index is 0.106. The Labute approximate surface area is 115 Å². The molecule has 7 N–H and O–H groups in total. The number of carboxylic acid groups (broad SMARTS) is 2. The van der Waals surface area contributed by atoms with Crippen molar-refractivity contribution in [3.8, 4) is 0 Å². The molecule has 0 aliphatic rings. The second kappa shape index (κ2) is 9.01. The molecule has 20 heavy (non-hydrogen) atoms. The van der Waals surface area contributed by atoms with Crippen molar-refractivity contribution in [3.63, 3.8) is 0 Å². The predicted octanol–water partition coefficient (Wildman–Crippen LogP) is -2.10. The van der Waals surface area contributed by atoms with E-state index in [9.17, 15) is 14.2 Å². The smallest absolute Gasteiger partial charge is 0.339 e. The summed E-state index contributed by atoms with van der Waals surface area (Å²) in [5, 5.41) is 20.2. The number of hydrogen-bond acceptors (Lipinski definition) is 6. The van der Waals surface area contributed by atoms with Crippen LogP contribution in [0.5, 0.6) is 0 Å². The highest BCUT2D eigenvalue weighted by Gasteiger charge is 2.27. The second-order valence-electron chi connectivity index (χ2n) is 4.10. The van der Waals surface area contributed by atoms with Crippen molar-refractivity contribution in [2.24, 2.45) is 5.73 Å². The van der Waals surface area contributed by atoms with E-state index >= 15 is 0 Å². The zero-order chi connectivity index (χ0) is 15.8. The van der Waals surface area contributed by atoms with Crippen LogP contribution < -0.4 is 11.1 Å². The third-order valence-electron chi connectivity index (χ3n) is 2.40. The van der Waals surface area contributed by atoms with Crippen LogP contribution >= 0.6 is 7.60 Å². The molecule has 118 valence electrons. The van der Waals surface area contributed by atoms with Gasteiger partial charge in [0.1, 0.15) is 6.04 Å². The maximum absolute atomic E-state index is 11.1. The molecule has 0 aromatic carbocycles. The Morgan fingerprint density at radius 3 is 2.25 bits per heavy atom. The molecule has 11 heteroatoms. The van der Waals surface area contributed by atoms with E-state index in [0.717, 1.165) is 0 Å². The Kier molecular flexibility index (Phi) is 8.54. The van der Waals surface area contributed by atoms with Gasteiger partial charge in [-0.15, -0.1) is 0 Å². The standard InChI is InChI=1S/C9H20N3O7P/c10-1-3-12(4-2-11-6-20(17,18)19)7(9(15)16)5-8(13)14/h7,11H,1-6,10H2,(H,13,14)(H,15,16)(H2,17,18,19). The second-order valence-corrected chi connectivity index (χ2v) is 5.74. The zero-order valence-corrected chi connectivity index (χ0v) is 11.7. The van der Waals surface area contributed by atoms with Gasteiger partial charge in [0, 0.05) is 26.2 Å². The quantitative estimate of drug-likeness (QED) is 0.183. The van der Waals surface area contributed by atoms with Crippen LogP contribution in [0.4, 0.5) is 0 Å². The number of nitrogens with one attached hydrogen (secondary N) is 1. The highest BCUT2D eigenvalue weighted by Crippen LogP contribution is 2.31. The van der Waals surface area contributed by atoms with Crippen LogP contribution in [0.3, 0.4) is 0 Å². The summed E-state index contributed by atoms with van der Waals surface area (Å²) in [7, 11) is -4.17. The molecule has 0 saturated heterocycles. The molecule has 0 radical (unpaired) electrons. The number of aliphatic carboxylic acids is 2. The Bertz CT molecular complexity index is 373. The number of nitrogens with zero attached hydrogens (tertiary/aromatic N) is 1. The Balaban J connectivity index is 4.47. The molecule has 0 aliphatic heterocycles. The lowest BCUT2D eigenvalue weighted by molar-refractivity contribution is -0.149. The van der Waals surface area contributed by atoms with Gasteiger partial charge in [-0.1, -0.05) is 0 Å². The van der Waals surface area contributed by atoms with E-state index < -0.39 is 38.3 Å². The molecule has 0 fully saturated rings. The summed E-state index contributed by atoms with van der Waals surface area (Å²) in [5.41, 5.74) is 5.34. The summed E-state index contributed by atoms with van der Waals surface area (Å²) < 4.78 is 10.6. The van der Waals surface area contributed by atoms with E-state index in [1.54, 1.807) is 0 Å². The average Bonchev–Trinajstić information content (AvgIpc) is 2.28. The van der Waals surface area contributed by atoms with Crippen LogP contribution in [0.15, 0.2) is 0 Å². The zero-order valence-electron chi connectivity index (χ0n) is 10.8. The van der Waals surface area contributed by atoms with Gasteiger partial charge in [0.25, 0.3) is 0 Å². The highest BCUT2D eigenvalue weighted by atomic mass is 31.2. The van der Waals surface area contributed by atoms with Gasteiger partial charge in [0.05, 0.1) is 12.7 Å². The van der Waals surface area contributed by atoms with Crippen molar-refractivity contribution in [2.45, 2.75) is 12.5 Å². The summed E-state index contributed by atoms with van der Waals surface area (Å²) in [6.07, 6.45) is -1.10. The van der Waals surface area contributed by atoms with Crippen LogP contribution in [0.2, 0.25) is 0 Å². The van der Waals surface area contributed by atoms with Gasteiger partial charge >= 0.3 is 19.5 Å². The van der Waals surface area contributed by atoms with E-state index in [2.05, 4.69) is 5.32 Å². The van der Waals surface area contributed by atoms with E-state index in [-0.39, 0.29) is 26.2 Å². The highest BCUT2D eigenvalue weighted by molar-refractivity contribution is 7.51. The SMILES string of the molecule is NCCN(CCNCP(=O)(O)O)C(CC(=O)O)C(=O)O. The van der Waals surface area contributed by atoms with Crippen LogP contribution in [-0.4, -0.2) is 75.3 Å². The number of carbonyl (C=O) groups is 2. The summed E-state index contributed by atoms with van der Waals surface area (Å²) >= 11 is 0. The molecule has 0 aliphatic carbocycles. The molecule has 1 unspecified atom stereocenters. The lowest BCUT2D eigenvalue weighted by Crippen LogP contribution is -2.47. The van der Waals surface area contributed by atoms with Crippen LogP contribution in [0, 0.1) is 0 Å². The van der Waals surface area contributed by atoms with E-state index in [4.69, 9.17) is 25.7 Å². The third kappa shape index (κ3) is 8.97. The molecule has 10 nitrogen and oxygen atoms in total. The fourth-order valence-corrected chi connectivity index (χ4v) is 2.02. The maximum Gasteiger partial charge on any atom is 0.339 e. The van der Waals surface area contributed by atoms with Crippen molar-refractivity contribution >= 4 is 19.5 Å². The molecule has 0 bridgehead atoms. The third-order valence-corrected chi connectivity index (χ3v) is 3.04. The van der Waals surface area contributed by atoms with Crippen LogP contribution in [0.1, 0.15) is 6.42 Å². The topological polar surface area (TPSA) is 173 Å². The monoisotopic (exact) mass is 313 g/mol. The summed E-state index contributed by atoms with van der Waals surface area (Å²) in [6.45, 7) is 0.527. The van der Waals surface area contributed by atoms with Gasteiger partial charge in [-0.25, -0.2) is 0 Å². The predicted molar refractivity (Wildman–Crippen MR) is 69.2 cm³/mol. The first kappa shape index (κ1) is 19.0. The number of hydrogen-bond donors (Lipinski definition) is 6. The molecule has 0 aromatic rings. The number of rotatable bonds is 11. The number of nitrogens with two attached hydrogens (primary N) is 1. The van der Waals surface area contributed by atoms with Crippen molar-refractivity contribution in [2.75, 3.05) is 32.5 Å². The van der Waals surface area contributed by atoms with Gasteiger partial charge in [0.15, 0.2) is 0 Å². The molecular weight excluding hydrogens is 293 g/mol. The molecule has 0 aromatic heterocycles. The van der Waals surface area contributed by atoms with E-state index in [0.29, 0.717) is 0 Å². The van der Waals surface area contributed by atoms with E-state index in [1.807, 2.05) is 0 Å². The van der Waals surface area contributed by atoms with Gasteiger partial charge < -0.3 is 31.1 Å². The fraction of sp³-hybridized carbons (Fsp3) is 0.778. The number of carboxylic acids is 2. The summed E-state index contributed by atoms with van der Waals surface area (Å²) in [5.74, 6) is -2.53. The molecule has 0 spiro atoms. The van der Waals surface area contributed by atoms with Gasteiger partial charge in [-0.3, -0.25) is 19.1 Å². The maximum atomic E-state index is 11.1. The van der Waals surface area contributed by atoms with Crippen molar-refractivity contribution < 1.29 is 34.2 Å². The Hall–Kier alpha value is -1.03. The van der Waals surface area contributed by atoms with Gasteiger partial charge in [-0.2, -0.15) is 0 Å². The lowest BCUT2D eigenvalue weighted by Gasteiger charge is -2.27. The van der Waals surface area contributed by atoms with Gasteiger partial charge in [0.2, 0.25) is 0 Å². The first-order valence-corrected chi connectivity index (χ1v) is 7.61. The fourth-order valence-electron chi connectivity index (χ4n) is 1.57. The molecular formula is C9H20N3O7P. The minimum atomic E-state index is -4.17. The largest absolute Gasteiger partial charge is 0.481 e. The average molecular weight is 313 g/mol. The van der Waals surface area contributed by atoms with Gasteiger partial charge in [-0.05, 0) is 0 Å². The van der Waals surface area contributed by atoms with Crippen molar-refractivity contribution in [1.82, 2.24) is 10.2 Å². The van der Waals surface area contributed by atoms with Crippen LogP contribution in [-0.2, 0) is 14.2 Å². The molecule has 1 atom stereocenters. The first-order chi connectivity index (χ1) is 9.17. The Morgan fingerprint density at radius 1 is 1.25 bits per heavy atom.